The van der Waals surface area contributed by atoms with Crippen LogP contribution in [0.4, 0.5) is 0 Å². The third-order valence-corrected chi connectivity index (χ3v) is 3.13. The second-order valence-corrected chi connectivity index (χ2v) is 4.70. The Morgan fingerprint density at radius 2 is 2.29 bits per heavy atom. The summed E-state index contributed by atoms with van der Waals surface area (Å²) in [6.45, 7) is 5.40. The molecule has 1 aliphatic carbocycles. The van der Waals surface area contributed by atoms with E-state index in [4.69, 9.17) is 0 Å². The van der Waals surface area contributed by atoms with Crippen molar-refractivity contribution in [1.29, 1.82) is 0 Å². The van der Waals surface area contributed by atoms with Gasteiger partial charge in [0.2, 0.25) is 0 Å². The van der Waals surface area contributed by atoms with Crippen molar-refractivity contribution in [2.45, 2.75) is 38.8 Å². The molecule has 4 nitrogen and oxygen atoms in total. The lowest BCUT2D eigenvalue weighted by molar-refractivity contribution is 0.335. The Morgan fingerprint density at radius 1 is 1.57 bits per heavy atom. The topological polar surface area (TPSA) is 42.7 Å². The monoisotopic (exact) mass is 194 g/mol. The Hall–Kier alpha value is -0.900. The molecule has 1 heterocycles. The first-order chi connectivity index (χ1) is 6.59. The number of hydrogen-bond donors (Lipinski definition) is 1. The van der Waals surface area contributed by atoms with E-state index < -0.39 is 0 Å². The van der Waals surface area contributed by atoms with Crippen molar-refractivity contribution >= 4 is 0 Å². The van der Waals surface area contributed by atoms with E-state index in [1.807, 2.05) is 17.9 Å². The highest BCUT2D eigenvalue weighted by atomic mass is 15.4. The summed E-state index contributed by atoms with van der Waals surface area (Å²) in [7, 11) is 1.92. The molecule has 0 saturated heterocycles. The maximum Gasteiger partial charge on any atom is 0.0738 e. The van der Waals surface area contributed by atoms with Gasteiger partial charge < -0.3 is 5.32 Å². The lowest BCUT2D eigenvalue weighted by Crippen LogP contribution is -2.41. The summed E-state index contributed by atoms with van der Waals surface area (Å²) in [5.41, 5.74) is 1.39. The van der Waals surface area contributed by atoms with Gasteiger partial charge in [-0.05, 0) is 32.6 Å². The second-order valence-electron chi connectivity index (χ2n) is 4.70. The van der Waals surface area contributed by atoms with Crippen LogP contribution in [-0.2, 0) is 13.6 Å². The molecule has 0 spiro atoms. The first-order valence-corrected chi connectivity index (χ1v) is 5.18. The van der Waals surface area contributed by atoms with Crippen LogP contribution in [0.1, 0.15) is 32.4 Å². The van der Waals surface area contributed by atoms with Crippen LogP contribution in [0.2, 0.25) is 0 Å². The summed E-state index contributed by atoms with van der Waals surface area (Å²) in [6.07, 6.45) is 4.54. The smallest absolute Gasteiger partial charge is 0.0738 e. The number of hydrogen-bond acceptors (Lipinski definition) is 3. The Balaban J connectivity index is 1.90. The van der Waals surface area contributed by atoms with E-state index in [0.29, 0.717) is 0 Å². The van der Waals surface area contributed by atoms with Crippen LogP contribution in [0, 0.1) is 5.92 Å². The summed E-state index contributed by atoms with van der Waals surface area (Å²) < 4.78 is 1.82. The van der Waals surface area contributed by atoms with Crippen molar-refractivity contribution in [3.63, 3.8) is 0 Å². The molecule has 1 N–H and O–H groups in total. The Bertz CT molecular complexity index is 312. The normalized spacial score (nSPS) is 17.4. The van der Waals surface area contributed by atoms with E-state index in [1.165, 1.54) is 12.8 Å². The number of rotatable bonds is 4. The summed E-state index contributed by atoms with van der Waals surface area (Å²) in [6, 6.07) is 0. The minimum absolute atomic E-state index is 0.254. The molecule has 0 aliphatic heterocycles. The highest BCUT2D eigenvalue weighted by molar-refractivity contribution is 4.98. The number of aryl methyl sites for hydroxylation is 1. The summed E-state index contributed by atoms with van der Waals surface area (Å²) in [5, 5.41) is 11.3. The first-order valence-electron chi connectivity index (χ1n) is 5.18. The van der Waals surface area contributed by atoms with Crippen molar-refractivity contribution in [2.75, 3.05) is 0 Å². The fourth-order valence-electron chi connectivity index (χ4n) is 1.74. The maximum atomic E-state index is 3.90. The van der Waals surface area contributed by atoms with Crippen LogP contribution in [0.3, 0.4) is 0 Å². The zero-order chi connectivity index (χ0) is 10.2. The van der Waals surface area contributed by atoms with E-state index in [-0.39, 0.29) is 5.54 Å². The van der Waals surface area contributed by atoms with Gasteiger partial charge in [-0.25, -0.2) is 0 Å². The van der Waals surface area contributed by atoms with E-state index in [2.05, 4.69) is 29.5 Å². The summed E-state index contributed by atoms with van der Waals surface area (Å²) >= 11 is 0. The van der Waals surface area contributed by atoms with Crippen LogP contribution in [-0.4, -0.2) is 20.5 Å². The van der Waals surface area contributed by atoms with Gasteiger partial charge in [0.1, 0.15) is 0 Å². The highest BCUT2D eigenvalue weighted by Crippen LogP contribution is 2.39. The van der Waals surface area contributed by atoms with Gasteiger partial charge in [-0.3, -0.25) is 4.68 Å². The molecule has 0 atom stereocenters. The van der Waals surface area contributed by atoms with Gasteiger partial charge in [-0.2, -0.15) is 0 Å². The molecule has 14 heavy (non-hydrogen) atoms. The van der Waals surface area contributed by atoms with Gasteiger partial charge in [0.05, 0.1) is 11.9 Å². The van der Waals surface area contributed by atoms with Gasteiger partial charge in [-0.15, -0.1) is 5.10 Å². The Kier molecular flexibility index (Phi) is 2.31. The Labute approximate surface area is 84.7 Å². The molecular weight excluding hydrogens is 176 g/mol. The van der Waals surface area contributed by atoms with Gasteiger partial charge >= 0.3 is 0 Å². The number of nitrogens with one attached hydrogen (secondary N) is 1. The SMILES string of the molecule is Cn1nncc1CNC(C)(C)C1CC1. The van der Waals surface area contributed by atoms with Crippen molar-refractivity contribution in [1.82, 2.24) is 20.3 Å². The largest absolute Gasteiger partial charge is 0.306 e. The molecule has 1 saturated carbocycles. The van der Waals surface area contributed by atoms with Crippen LogP contribution in [0.5, 0.6) is 0 Å². The number of nitrogens with zero attached hydrogens (tertiary/aromatic N) is 3. The molecule has 0 aromatic carbocycles. The summed E-state index contributed by atoms with van der Waals surface area (Å²) in [5.74, 6) is 0.851. The second kappa shape index (κ2) is 3.35. The third kappa shape index (κ3) is 1.95. The minimum atomic E-state index is 0.254. The fraction of sp³-hybridized carbons (Fsp3) is 0.800. The van der Waals surface area contributed by atoms with Crippen molar-refractivity contribution < 1.29 is 0 Å². The van der Waals surface area contributed by atoms with Crippen LogP contribution in [0.25, 0.3) is 0 Å². The molecule has 2 rings (SSSR count). The highest BCUT2D eigenvalue weighted by Gasteiger charge is 2.37. The average molecular weight is 194 g/mol. The van der Waals surface area contributed by atoms with E-state index in [0.717, 1.165) is 18.2 Å². The first kappa shape index (κ1) is 9.65. The molecule has 0 bridgehead atoms. The van der Waals surface area contributed by atoms with Crippen LogP contribution >= 0.6 is 0 Å². The molecule has 78 valence electrons. The van der Waals surface area contributed by atoms with Gasteiger partial charge in [0, 0.05) is 19.1 Å². The van der Waals surface area contributed by atoms with Gasteiger partial charge in [0.15, 0.2) is 0 Å². The molecular formula is C10H18N4. The predicted molar refractivity (Wildman–Crippen MR) is 54.6 cm³/mol. The third-order valence-electron chi connectivity index (χ3n) is 3.13. The van der Waals surface area contributed by atoms with Crippen molar-refractivity contribution in [3.8, 4) is 0 Å². The fourth-order valence-corrected chi connectivity index (χ4v) is 1.74. The van der Waals surface area contributed by atoms with E-state index >= 15 is 0 Å². The van der Waals surface area contributed by atoms with Gasteiger partial charge in [-0.1, -0.05) is 5.21 Å². The molecule has 0 unspecified atom stereocenters. The predicted octanol–water partition coefficient (Wildman–Crippen LogP) is 1.09. The molecule has 1 aliphatic rings. The van der Waals surface area contributed by atoms with E-state index in [9.17, 15) is 0 Å². The zero-order valence-electron chi connectivity index (χ0n) is 9.12. The minimum Gasteiger partial charge on any atom is -0.306 e. The standard InChI is InChI=1S/C10H18N4/c1-10(2,8-4-5-8)11-6-9-7-12-13-14(9)3/h7-8,11H,4-6H2,1-3H3. The van der Waals surface area contributed by atoms with Crippen LogP contribution in [0.15, 0.2) is 6.20 Å². The molecule has 1 aromatic heterocycles. The number of aromatic nitrogens is 3. The summed E-state index contributed by atoms with van der Waals surface area (Å²) in [4.78, 5) is 0. The van der Waals surface area contributed by atoms with E-state index in [1.54, 1.807) is 0 Å². The van der Waals surface area contributed by atoms with Crippen molar-refractivity contribution in [2.24, 2.45) is 13.0 Å². The Morgan fingerprint density at radius 3 is 2.79 bits per heavy atom. The van der Waals surface area contributed by atoms with Crippen LogP contribution < -0.4 is 5.32 Å². The molecule has 0 amide bonds. The zero-order valence-corrected chi connectivity index (χ0v) is 9.12. The molecule has 0 radical (unpaired) electrons. The van der Waals surface area contributed by atoms with Crippen molar-refractivity contribution in [3.05, 3.63) is 11.9 Å². The molecule has 1 aromatic rings. The molecule has 4 heteroatoms. The lowest BCUT2D eigenvalue weighted by atomic mass is 9.99. The van der Waals surface area contributed by atoms with Gasteiger partial charge in [0.25, 0.3) is 0 Å². The average Bonchev–Trinajstić information content (AvgIpc) is 2.89. The quantitative estimate of drug-likeness (QED) is 0.780. The lowest BCUT2D eigenvalue weighted by Gasteiger charge is -2.26. The molecule has 1 fully saturated rings. The maximum absolute atomic E-state index is 3.90.